The highest BCUT2D eigenvalue weighted by Gasteiger charge is 2.17. The molecule has 0 aliphatic rings. The second-order valence-corrected chi connectivity index (χ2v) is 6.86. The van der Waals surface area contributed by atoms with E-state index in [1.807, 2.05) is 48.5 Å². The summed E-state index contributed by atoms with van der Waals surface area (Å²) >= 11 is 1.37. The van der Waals surface area contributed by atoms with E-state index in [1.165, 1.54) is 16.4 Å². The average molecular weight is 388 g/mol. The van der Waals surface area contributed by atoms with Crippen LogP contribution >= 0.6 is 11.8 Å². The summed E-state index contributed by atoms with van der Waals surface area (Å²) in [6.45, 7) is 2.14. The van der Waals surface area contributed by atoms with Gasteiger partial charge in [0, 0.05) is 5.39 Å². The third-order valence-corrected chi connectivity index (χ3v) is 4.80. The number of nitrogens with zero attached hydrogens (tertiary/aromatic N) is 4. The van der Waals surface area contributed by atoms with Crippen LogP contribution in [0.3, 0.4) is 0 Å². The predicted octanol–water partition coefficient (Wildman–Crippen LogP) is 3.61. The second-order valence-electron chi connectivity index (χ2n) is 5.93. The Bertz CT molecular complexity index is 1240. The summed E-state index contributed by atoms with van der Waals surface area (Å²) in [5, 5.41) is 14.4. The molecule has 0 spiro atoms. The van der Waals surface area contributed by atoms with Crippen LogP contribution in [0.1, 0.15) is 12.5 Å². The van der Waals surface area contributed by atoms with Crippen LogP contribution in [0.25, 0.3) is 22.4 Å². The van der Waals surface area contributed by atoms with Gasteiger partial charge < -0.3 is 4.42 Å². The van der Waals surface area contributed by atoms with E-state index in [4.69, 9.17) is 4.42 Å². The van der Waals surface area contributed by atoms with Crippen LogP contribution in [0, 0.1) is 11.8 Å². The molecule has 0 N–H and O–H groups in total. The maximum Gasteiger partial charge on any atom is 0.277 e. The Morgan fingerprint density at radius 1 is 1.04 bits per heavy atom. The molecule has 2 aromatic carbocycles. The topological polar surface area (TPSA) is 73.8 Å². The molecule has 0 atom stereocenters. The van der Waals surface area contributed by atoms with Gasteiger partial charge in [-0.2, -0.15) is 5.10 Å². The number of fused-ring (bicyclic) bond motifs is 1. The number of hydrogen-bond donors (Lipinski definition) is 0. The first-order valence-corrected chi connectivity index (χ1v) is 9.65. The standard InChI is InChI=1S/C21H16N4O2S/c1-2-3-13-28-21-23-22-19(27-21)18-16-11-7-8-12-17(16)20(26)25(24-18)14-15-9-5-4-6-10-15/h4-12H,13-14H2,1H3. The second kappa shape index (κ2) is 8.11. The number of benzene rings is 2. The van der Waals surface area contributed by atoms with E-state index in [-0.39, 0.29) is 11.4 Å². The minimum atomic E-state index is -0.157. The summed E-state index contributed by atoms with van der Waals surface area (Å²) < 4.78 is 7.20. The van der Waals surface area contributed by atoms with Gasteiger partial charge in [-0.15, -0.1) is 16.1 Å². The third-order valence-electron chi connectivity index (χ3n) is 4.10. The van der Waals surface area contributed by atoms with Gasteiger partial charge in [0.2, 0.25) is 0 Å². The van der Waals surface area contributed by atoms with Crippen LogP contribution < -0.4 is 5.56 Å². The minimum Gasteiger partial charge on any atom is -0.409 e. The Hall–Kier alpha value is -3.37. The molecule has 4 aromatic rings. The lowest BCUT2D eigenvalue weighted by molar-refractivity contribution is 0.463. The zero-order chi connectivity index (χ0) is 19.3. The van der Waals surface area contributed by atoms with Gasteiger partial charge in [0.05, 0.1) is 17.7 Å². The molecule has 0 amide bonds. The normalized spacial score (nSPS) is 10.6. The van der Waals surface area contributed by atoms with Crippen LogP contribution in [0.4, 0.5) is 0 Å². The van der Waals surface area contributed by atoms with E-state index in [2.05, 4.69) is 27.1 Å². The highest BCUT2D eigenvalue weighted by Crippen LogP contribution is 2.26. The molecule has 0 saturated carbocycles. The summed E-state index contributed by atoms with van der Waals surface area (Å²) in [6, 6.07) is 17.0. The molecule has 6 nitrogen and oxygen atoms in total. The van der Waals surface area contributed by atoms with Gasteiger partial charge >= 0.3 is 0 Å². The first-order chi connectivity index (χ1) is 13.8. The van der Waals surface area contributed by atoms with Gasteiger partial charge in [0.15, 0.2) is 5.69 Å². The van der Waals surface area contributed by atoms with Gasteiger partial charge in [-0.05, 0) is 18.6 Å². The molecule has 0 bridgehead atoms. The first-order valence-electron chi connectivity index (χ1n) is 8.66. The van der Waals surface area contributed by atoms with Gasteiger partial charge in [-0.1, -0.05) is 66.2 Å². The molecule has 7 heteroatoms. The summed E-state index contributed by atoms with van der Waals surface area (Å²) in [6.07, 6.45) is 0. The van der Waals surface area contributed by atoms with Crippen molar-refractivity contribution in [2.75, 3.05) is 5.75 Å². The van der Waals surface area contributed by atoms with Crippen LogP contribution in [0.15, 0.2) is 69.0 Å². The van der Waals surface area contributed by atoms with Gasteiger partial charge in [-0.3, -0.25) is 4.79 Å². The highest BCUT2D eigenvalue weighted by molar-refractivity contribution is 7.99. The average Bonchev–Trinajstić information content (AvgIpc) is 3.20. The predicted molar refractivity (Wildman–Crippen MR) is 109 cm³/mol. The molecule has 28 heavy (non-hydrogen) atoms. The Kier molecular flexibility index (Phi) is 5.22. The number of hydrogen-bond acceptors (Lipinski definition) is 6. The smallest absolute Gasteiger partial charge is 0.277 e. The maximum absolute atomic E-state index is 12.9. The van der Waals surface area contributed by atoms with E-state index in [1.54, 1.807) is 13.0 Å². The van der Waals surface area contributed by atoms with Crippen LogP contribution in [-0.4, -0.2) is 25.7 Å². The molecule has 0 radical (unpaired) electrons. The molecule has 4 rings (SSSR count). The number of aromatic nitrogens is 4. The summed E-state index contributed by atoms with van der Waals surface area (Å²) in [5.41, 5.74) is 1.32. The lowest BCUT2D eigenvalue weighted by Crippen LogP contribution is -2.24. The van der Waals surface area contributed by atoms with Crippen molar-refractivity contribution in [2.24, 2.45) is 0 Å². The fourth-order valence-electron chi connectivity index (χ4n) is 2.79. The van der Waals surface area contributed by atoms with Crippen molar-refractivity contribution in [1.82, 2.24) is 20.0 Å². The Labute approximate surface area is 165 Å². The molecule has 0 saturated heterocycles. The van der Waals surface area contributed by atoms with Crippen molar-refractivity contribution in [2.45, 2.75) is 18.7 Å². The molecule has 0 unspecified atom stereocenters. The van der Waals surface area contributed by atoms with E-state index in [9.17, 15) is 4.79 Å². The first kappa shape index (κ1) is 18.0. The highest BCUT2D eigenvalue weighted by atomic mass is 32.2. The number of rotatable bonds is 5. The van der Waals surface area contributed by atoms with Gasteiger partial charge in [0.25, 0.3) is 16.7 Å². The zero-order valence-electron chi connectivity index (χ0n) is 15.1. The Morgan fingerprint density at radius 3 is 2.57 bits per heavy atom. The fraction of sp³-hybridized carbons (Fsp3) is 0.143. The van der Waals surface area contributed by atoms with Gasteiger partial charge in [0.1, 0.15) is 0 Å². The largest absolute Gasteiger partial charge is 0.409 e. The minimum absolute atomic E-state index is 0.157. The van der Waals surface area contributed by atoms with Crippen molar-refractivity contribution in [1.29, 1.82) is 0 Å². The molecule has 0 fully saturated rings. The van der Waals surface area contributed by atoms with Crippen LogP contribution in [-0.2, 0) is 6.54 Å². The van der Waals surface area contributed by atoms with Crippen LogP contribution in [0.5, 0.6) is 0 Å². The van der Waals surface area contributed by atoms with E-state index >= 15 is 0 Å². The molecular weight excluding hydrogens is 372 g/mol. The molecule has 2 heterocycles. The molecule has 0 aliphatic heterocycles. The molecular formula is C21H16N4O2S. The third kappa shape index (κ3) is 3.68. The lowest BCUT2D eigenvalue weighted by atomic mass is 10.1. The van der Waals surface area contributed by atoms with Crippen LogP contribution in [0.2, 0.25) is 0 Å². The summed E-state index contributed by atoms with van der Waals surface area (Å²) in [5.74, 6) is 6.62. The Balaban J connectivity index is 1.80. The van der Waals surface area contributed by atoms with Crippen molar-refractivity contribution < 1.29 is 4.42 Å². The monoisotopic (exact) mass is 388 g/mol. The van der Waals surface area contributed by atoms with Crippen molar-refractivity contribution in [3.05, 3.63) is 70.5 Å². The molecule has 138 valence electrons. The zero-order valence-corrected chi connectivity index (χ0v) is 15.9. The maximum atomic E-state index is 12.9. The quantitative estimate of drug-likeness (QED) is 0.384. The van der Waals surface area contributed by atoms with E-state index < -0.39 is 0 Å². The van der Waals surface area contributed by atoms with E-state index in [0.29, 0.717) is 34.0 Å². The SMILES string of the molecule is CC#CCSc1nnc(-c2nn(Cc3ccccc3)c(=O)c3ccccc23)o1. The fourth-order valence-corrected chi connectivity index (χ4v) is 3.37. The van der Waals surface area contributed by atoms with Crippen molar-refractivity contribution in [3.63, 3.8) is 0 Å². The number of thioether (sulfide) groups is 1. The van der Waals surface area contributed by atoms with Gasteiger partial charge in [-0.25, -0.2) is 4.68 Å². The summed E-state index contributed by atoms with van der Waals surface area (Å²) in [4.78, 5) is 12.9. The van der Waals surface area contributed by atoms with Crippen molar-refractivity contribution >= 4 is 22.5 Å². The molecule has 0 aliphatic carbocycles. The van der Waals surface area contributed by atoms with Crippen molar-refractivity contribution in [3.8, 4) is 23.4 Å². The molecule has 2 aromatic heterocycles. The summed E-state index contributed by atoms with van der Waals surface area (Å²) in [7, 11) is 0. The van der Waals surface area contributed by atoms with E-state index in [0.717, 1.165) is 5.56 Å². The lowest BCUT2D eigenvalue weighted by Gasteiger charge is -2.09. The Morgan fingerprint density at radius 2 is 1.79 bits per heavy atom.